The van der Waals surface area contributed by atoms with E-state index in [1.807, 2.05) is 0 Å². The van der Waals surface area contributed by atoms with Gasteiger partial charge in [0, 0.05) is 17.3 Å². The standard InChI is InChI=1S/C18H16F3N3O2/c19-18(20,21)9-26-8-10-2-1-3-12(6-10)16-15-14(25)7-13(11-4-5-11)22-17(15)24-23-16/h1-3,6-7,11H,4-5,8-9H2,(H2,22,23,24,25). The molecule has 1 saturated carbocycles. The molecule has 8 heteroatoms. The lowest BCUT2D eigenvalue weighted by atomic mass is 10.1. The molecular formula is C18H16F3N3O2. The van der Waals surface area contributed by atoms with Crippen molar-refractivity contribution in [1.82, 2.24) is 15.2 Å². The summed E-state index contributed by atoms with van der Waals surface area (Å²) in [5.41, 5.74) is 3.07. The highest BCUT2D eigenvalue weighted by atomic mass is 19.4. The minimum Gasteiger partial charge on any atom is -0.367 e. The van der Waals surface area contributed by atoms with Gasteiger partial charge in [0.25, 0.3) is 0 Å². The molecule has 1 fully saturated rings. The third-order valence-electron chi connectivity index (χ3n) is 4.33. The Morgan fingerprint density at radius 3 is 2.77 bits per heavy atom. The fourth-order valence-electron chi connectivity index (χ4n) is 2.98. The van der Waals surface area contributed by atoms with Gasteiger partial charge < -0.3 is 9.72 Å². The van der Waals surface area contributed by atoms with Gasteiger partial charge in [0.2, 0.25) is 0 Å². The molecule has 1 aliphatic rings. The molecular weight excluding hydrogens is 347 g/mol. The van der Waals surface area contributed by atoms with E-state index in [1.54, 1.807) is 30.3 Å². The van der Waals surface area contributed by atoms with E-state index >= 15 is 0 Å². The minimum absolute atomic E-state index is 0.122. The molecule has 5 nitrogen and oxygen atoms in total. The first kappa shape index (κ1) is 16.8. The molecule has 2 heterocycles. The molecule has 0 bridgehead atoms. The lowest BCUT2D eigenvalue weighted by Crippen LogP contribution is -2.16. The van der Waals surface area contributed by atoms with Crippen LogP contribution in [0.1, 0.15) is 30.0 Å². The number of pyridine rings is 1. The summed E-state index contributed by atoms with van der Waals surface area (Å²) in [6, 6.07) is 8.45. The zero-order valence-electron chi connectivity index (χ0n) is 13.7. The van der Waals surface area contributed by atoms with E-state index in [9.17, 15) is 18.0 Å². The van der Waals surface area contributed by atoms with Crippen molar-refractivity contribution in [1.29, 1.82) is 0 Å². The minimum atomic E-state index is -4.36. The van der Waals surface area contributed by atoms with E-state index < -0.39 is 12.8 Å². The third-order valence-corrected chi connectivity index (χ3v) is 4.33. The average Bonchev–Trinajstić information content (AvgIpc) is 3.33. The van der Waals surface area contributed by atoms with Crippen molar-refractivity contribution in [2.45, 2.75) is 31.5 Å². The number of fused-ring (bicyclic) bond motifs is 1. The highest BCUT2D eigenvalue weighted by Gasteiger charge is 2.27. The maximum Gasteiger partial charge on any atom is 0.411 e. The SMILES string of the molecule is O=c1cc(C2CC2)[nH]c2n[nH]c(-c3cccc(COCC(F)(F)F)c3)c12. The fourth-order valence-corrected chi connectivity index (χ4v) is 2.98. The Labute approximate surface area is 146 Å². The summed E-state index contributed by atoms with van der Waals surface area (Å²) < 4.78 is 41.3. The van der Waals surface area contributed by atoms with Crippen molar-refractivity contribution in [2.75, 3.05) is 6.61 Å². The molecule has 0 radical (unpaired) electrons. The molecule has 0 atom stereocenters. The number of H-pyrrole nitrogens is 2. The van der Waals surface area contributed by atoms with Crippen LogP contribution >= 0.6 is 0 Å². The monoisotopic (exact) mass is 363 g/mol. The number of hydrogen-bond acceptors (Lipinski definition) is 3. The van der Waals surface area contributed by atoms with Crippen LogP contribution in [0.3, 0.4) is 0 Å². The van der Waals surface area contributed by atoms with Gasteiger partial charge in [-0.2, -0.15) is 18.3 Å². The number of halogens is 3. The molecule has 0 unspecified atom stereocenters. The Bertz CT molecular complexity index is 1000. The quantitative estimate of drug-likeness (QED) is 0.723. The van der Waals surface area contributed by atoms with Crippen LogP contribution in [0.25, 0.3) is 22.3 Å². The van der Waals surface area contributed by atoms with Gasteiger partial charge in [0.15, 0.2) is 11.1 Å². The highest BCUT2D eigenvalue weighted by molar-refractivity contribution is 5.90. The lowest BCUT2D eigenvalue weighted by Gasteiger charge is -2.08. The summed E-state index contributed by atoms with van der Waals surface area (Å²) in [7, 11) is 0. The Morgan fingerprint density at radius 2 is 2.04 bits per heavy atom. The van der Waals surface area contributed by atoms with Gasteiger partial charge in [-0.25, -0.2) is 0 Å². The van der Waals surface area contributed by atoms with Crippen LogP contribution < -0.4 is 5.43 Å². The second-order valence-corrected chi connectivity index (χ2v) is 6.49. The summed E-state index contributed by atoms with van der Waals surface area (Å²) in [6.07, 6.45) is -2.22. The van der Waals surface area contributed by atoms with Crippen LogP contribution in [0.15, 0.2) is 35.1 Å². The van der Waals surface area contributed by atoms with Gasteiger partial charge in [-0.15, -0.1) is 0 Å². The molecule has 4 rings (SSSR count). The van der Waals surface area contributed by atoms with Crippen LogP contribution in [-0.4, -0.2) is 28.0 Å². The molecule has 2 N–H and O–H groups in total. The first-order chi connectivity index (χ1) is 12.4. The predicted octanol–water partition coefficient (Wildman–Crippen LogP) is 3.87. The van der Waals surface area contributed by atoms with Crippen LogP contribution in [-0.2, 0) is 11.3 Å². The van der Waals surface area contributed by atoms with E-state index in [1.165, 1.54) is 0 Å². The smallest absolute Gasteiger partial charge is 0.367 e. The Morgan fingerprint density at radius 1 is 1.23 bits per heavy atom. The summed E-state index contributed by atoms with van der Waals surface area (Å²) in [4.78, 5) is 15.7. The molecule has 0 spiro atoms. The number of aromatic nitrogens is 3. The maximum atomic E-state index is 12.5. The largest absolute Gasteiger partial charge is 0.411 e. The number of nitrogens with zero attached hydrogens (tertiary/aromatic N) is 1. The van der Waals surface area contributed by atoms with Gasteiger partial charge in [0.1, 0.15) is 6.61 Å². The third kappa shape index (κ3) is 3.50. The lowest BCUT2D eigenvalue weighted by molar-refractivity contribution is -0.176. The summed E-state index contributed by atoms with van der Waals surface area (Å²) >= 11 is 0. The molecule has 0 saturated heterocycles. The summed E-state index contributed by atoms with van der Waals surface area (Å²) in [5, 5.41) is 7.50. The van der Waals surface area contributed by atoms with Crippen molar-refractivity contribution in [2.24, 2.45) is 0 Å². The van der Waals surface area contributed by atoms with E-state index in [0.717, 1.165) is 18.5 Å². The van der Waals surface area contributed by atoms with Crippen molar-refractivity contribution in [3.8, 4) is 11.3 Å². The molecule has 0 amide bonds. The predicted molar refractivity (Wildman–Crippen MR) is 89.8 cm³/mol. The zero-order chi connectivity index (χ0) is 18.3. The fraction of sp³-hybridized carbons (Fsp3) is 0.333. The molecule has 1 aliphatic carbocycles. The van der Waals surface area contributed by atoms with E-state index in [0.29, 0.717) is 33.8 Å². The Hall–Kier alpha value is -2.61. The van der Waals surface area contributed by atoms with Crippen LogP contribution in [0.4, 0.5) is 13.2 Å². The maximum absolute atomic E-state index is 12.5. The summed E-state index contributed by atoms with van der Waals surface area (Å²) in [6.45, 7) is -1.46. The van der Waals surface area contributed by atoms with Gasteiger partial charge >= 0.3 is 6.18 Å². The number of ether oxygens (including phenoxy) is 1. The van der Waals surface area contributed by atoms with Gasteiger partial charge in [-0.1, -0.05) is 18.2 Å². The van der Waals surface area contributed by atoms with Crippen LogP contribution in [0, 0.1) is 0 Å². The first-order valence-electron chi connectivity index (χ1n) is 8.26. The molecule has 3 aromatic rings. The topological polar surface area (TPSA) is 70.8 Å². The number of nitrogens with one attached hydrogen (secondary N) is 2. The van der Waals surface area contributed by atoms with Crippen molar-refractivity contribution in [3.63, 3.8) is 0 Å². The Balaban J connectivity index is 1.63. The van der Waals surface area contributed by atoms with Crippen molar-refractivity contribution >= 4 is 11.0 Å². The Kier molecular flexibility index (Phi) is 4.07. The number of rotatable bonds is 5. The molecule has 1 aromatic carbocycles. The molecule has 2 aromatic heterocycles. The van der Waals surface area contributed by atoms with E-state index in [2.05, 4.69) is 15.2 Å². The number of aromatic amines is 2. The first-order valence-corrected chi connectivity index (χ1v) is 8.26. The second kappa shape index (κ2) is 6.28. The molecule has 0 aliphatic heterocycles. The van der Waals surface area contributed by atoms with E-state index in [-0.39, 0.29) is 12.0 Å². The van der Waals surface area contributed by atoms with Crippen molar-refractivity contribution in [3.05, 3.63) is 51.8 Å². The van der Waals surface area contributed by atoms with Crippen molar-refractivity contribution < 1.29 is 17.9 Å². The highest BCUT2D eigenvalue weighted by Crippen LogP contribution is 2.39. The molecule has 136 valence electrons. The van der Waals surface area contributed by atoms with Crippen LogP contribution in [0.5, 0.6) is 0 Å². The zero-order valence-corrected chi connectivity index (χ0v) is 13.7. The number of alkyl halides is 3. The average molecular weight is 363 g/mol. The second-order valence-electron chi connectivity index (χ2n) is 6.49. The number of hydrogen-bond donors (Lipinski definition) is 2. The van der Waals surface area contributed by atoms with Gasteiger partial charge in [-0.3, -0.25) is 9.89 Å². The normalized spacial score (nSPS) is 14.9. The van der Waals surface area contributed by atoms with E-state index in [4.69, 9.17) is 4.74 Å². The van der Waals surface area contributed by atoms with Crippen LogP contribution in [0.2, 0.25) is 0 Å². The molecule has 26 heavy (non-hydrogen) atoms. The van der Waals surface area contributed by atoms with Gasteiger partial charge in [-0.05, 0) is 30.4 Å². The number of benzene rings is 1. The van der Waals surface area contributed by atoms with Gasteiger partial charge in [0.05, 0.1) is 17.7 Å². The summed E-state index contributed by atoms with van der Waals surface area (Å²) in [5.74, 6) is 0.404.